The van der Waals surface area contributed by atoms with Gasteiger partial charge in [-0.25, -0.2) is 29.0 Å². The van der Waals surface area contributed by atoms with E-state index >= 15 is 0 Å². The number of nitrogens with one attached hydrogen (secondary N) is 1. The molecule has 2 saturated carbocycles. The minimum Gasteiger partial charge on any atom is -0.793 e. The van der Waals surface area contributed by atoms with E-state index in [2.05, 4.69) is 51.4 Å². The van der Waals surface area contributed by atoms with Crippen molar-refractivity contribution in [1.29, 1.82) is 0 Å². The third kappa shape index (κ3) is 30.2. The molecular formula is C51H95BCl2N8NaO11. The van der Waals surface area contributed by atoms with Gasteiger partial charge in [-0.2, -0.15) is 0 Å². The Balaban J connectivity index is 0.00000101. The second kappa shape index (κ2) is 36.2. The van der Waals surface area contributed by atoms with Crippen LogP contribution < -0.4 is 52.1 Å². The van der Waals surface area contributed by atoms with Gasteiger partial charge in [-0.05, 0) is 120 Å². The molecule has 0 spiro atoms. The molecule has 4 aliphatic heterocycles. The van der Waals surface area contributed by atoms with Gasteiger partial charge in [0.2, 0.25) is 5.97 Å². The number of piperidine rings is 4. The van der Waals surface area contributed by atoms with Gasteiger partial charge in [-0.15, -0.1) is 23.2 Å². The molecule has 6 rings (SSSR count). The normalized spacial score (nSPS) is 24.1. The van der Waals surface area contributed by atoms with Crippen molar-refractivity contribution < 1.29 is 82.2 Å². The second-order valence-electron chi connectivity index (χ2n) is 22.4. The summed E-state index contributed by atoms with van der Waals surface area (Å²) in [5.74, 6) is -1.37. The maximum absolute atomic E-state index is 12.3. The molecule has 0 aromatic heterocycles. The monoisotopic (exact) mass is 1100 g/mol. The van der Waals surface area contributed by atoms with Crippen molar-refractivity contribution in [1.82, 2.24) is 24.9 Å². The molecule has 2 amide bonds. The van der Waals surface area contributed by atoms with Gasteiger partial charge in [-0.1, -0.05) is 25.7 Å². The summed E-state index contributed by atoms with van der Waals surface area (Å²) in [7, 11) is 4.32. The van der Waals surface area contributed by atoms with Crippen molar-refractivity contribution in [2.45, 2.75) is 231 Å². The number of alkyl halides is 2. The zero-order valence-corrected chi connectivity index (χ0v) is 50.9. The van der Waals surface area contributed by atoms with Crippen molar-refractivity contribution in [3.05, 3.63) is 0 Å². The van der Waals surface area contributed by atoms with E-state index in [9.17, 15) is 28.8 Å². The van der Waals surface area contributed by atoms with Gasteiger partial charge in [0.25, 0.3) is 0 Å². The molecule has 0 aromatic rings. The zero-order chi connectivity index (χ0) is 55.6. The van der Waals surface area contributed by atoms with Crippen LogP contribution in [-0.4, -0.2) is 174 Å². The van der Waals surface area contributed by atoms with Crippen LogP contribution in [0, 0.1) is 0 Å². The summed E-state index contributed by atoms with van der Waals surface area (Å²) in [6.45, 7) is 26.7. The molecule has 0 bridgehead atoms. The van der Waals surface area contributed by atoms with E-state index in [1.807, 2.05) is 51.3 Å². The van der Waals surface area contributed by atoms with Crippen molar-refractivity contribution in [3.8, 4) is 0 Å². The predicted molar refractivity (Wildman–Crippen MR) is 287 cm³/mol. The number of hydrogen-bond donors (Lipinski definition) is 4. The Morgan fingerprint density at radius 3 is 1.22 bits per heavy atom. The maximum Gasteiger partial charge on any atom is 1.00 e. The average Bonchev–Trinajstić information content (AvgIpc) is 3.31. The molecular weight excluding hydrogens is 1010 g/mol. The van der Waals surface area contributed by atoms with E-state index in [-0.39, 0.29) is 70.2 Å². The zero-order valence-electron chi connectivity index (χ0n) is 47.4. The molecule has 2 aliphatic carbocycles. The maximum atomic E-state index is 12.3. The number of likely N-dealkylation sites (tertiary alicyclic amines) is 4. The Morgan fingerprint density at radius 2 is 0.919 bits per heavy atom. The van der Waals surface area contributed by atoms with Crippen LogP contribution in [0.15, 0.2) is 0 Å². The van der Waals surface area contributed by atoms with Gasteiger partial charge in [0.05, 0.1) is 5.34 Å². The number of hydrogen-bond acceptors (Lipinski definition) is 17. The SMILES string of the molecule is CC(=O)OOC(C)=O.CC(C)(C)OC(=O)N1CCC(C)(N2CCC(=O)CC2)CC1.CC(C)(C)OC(=O)N1CCC(C)(N2CCC(N[C@H]3CCCC[C@@H]3N)CC2)CC1.ClCCl.N[C@H]1CCCC[C@@H]1N.[B-]OC(C)=O.[Na+]. The largest absolute Gasteiger partial charge is 1.00 e. The fraction of sp³-hybridized carbons (Fsp3) is 0.882. The van der Waals surface area contributed by atoms with Crippen molar-refractivity contribution >= 4 is 67.1 Å². The van der Waals surface area contributed by atoms with Crippen molar-refractivity contribution in [3.63, 3.8) is 0 Å². The van der Waals surface area contributed by atoms with Crippen LogP contribution in [0.2, 0.25) is 0 Å². The van der Waals surface area contributed by atoms with E-state index in [1.165, 1.54) is 58.3 Å². The summed E-state index contributed by atoms with van der Waals surface area (Å²) in [4.78, 5) is 81.4. The standard InChI is InChI=1S/C22H42N4O2.C16H28N2O3.C6H14N2.C4H6O4.C2H3BO2.CH2Cl2.Na/c1-21(2,3)28-20(27)25-15-11-22(4,12-16-25)26-13-9-17(10-14-26)24-19-8-6-5-7-18(19)23;1-15(2,3)21-14(20)17-11-7-16(4,8-12-17)18-9-5-13(19)6-10-18;7-5-3-1-2-4-6(5)8;1-3(5)7-8-4(2)6;1-2(4)5-3;2-1-3;/h17-19,24H,5-16,23H2,1-4H3;5-12H2,1-4H3;5-6H,1-4,7-8H2;1-2H3;1H3;1H2;/q;;;;-1;;+1/t18-,19-;;5-,6-;;;;/m0.0..../s1. The van der Waals surface area contributed by atoms with Crippen LogP contribution in [0.3, 0.4) is 0 Å². The number of amides is 2. The number of Topliss-reactive ketones (excluding diaryl/α,β-unsaturated/α-hetero) is 1. The number of ketones is 1. The summed E-state index contributed by atoms with van der Waals surface area (Å²) >= 11 is 9.53. The summed E-state index contributed by atoms with van der Waals surface area (Å²) in [5, 5.41) is 4.06. The van der Waals surface area contributed by atoms with E-state index in [4.69, 9.17) is 49.9 Å². The van der Waals surface area contributed by atoms with Crippen LogP contribution >= 0.6 is 23.2 Å². The molecule has 4 heterocycles. The number of carbonyl (C=O) groups is 6. The molecule has 7 N–H and O–H groups in total. The minimum atomic E-state index is -0.639. The molecule has 19 nitrogen and oxygen atoms in total. The third-order valence-electron chi connectivity index (χ3n) is 13.9. The number of rotatable bonds is 4. The first-order valence-electron chi connectivity index (χ1n) is 26.3. The fourth-order valence-corrected chi connectivity index (χ4v) is 9.48. The van der Waals surface area contributed by atoms with E-state index in [1.54, 1.807) is 0 Å². The second-order valence-corrected chi connectivity index (χ2v) is 23.2. The third-order valence-corrected chi connectivity index (χ3v) is 13.9. The first kappa shape index (κ1) is 72.0. The Hall–Kier alpha value is -1.98. The van der Waals surface area contributed by atoms with Crippen LogP contribution in [0.5, 0.6) is 0 Å². The van der Waals surface area contributed by atoms with Crippen LogP contribution in [-0.2, 0) is 43.1 Å². The molecule has 3 radical (unpaired) electrons. The molecule has 4 atom stereocenters. The van der Waals surface area contributed by atoms with Crippen molar-refractivity contribution in [2.75, 3.05) is 57.7 Å². The number of halogens is 2. The Labute approximate surface area is 477 Å². The van der Waals surface area contributed by atoms with E-state index < -0.39 is 29.1 Å². The topological polar surface area (TPSA) is 252 Å². The van der Waals surface area contributed by atoms with Gasteiger partial charge < -0.3 is 54.5 Å². The first-order valence-corrected chi connectivity index (χ1v) is 27.4. The molecule has 6 fully saturated rings. The van der Waals surface area contributed by atoms with Gasteiger partial charge in [0, 0.05) is 127 Å². The summed E-state index contributed by atoms with van der Waals surface area (Å²) < 4.78 is 14.6. The van der Waals surface area contributed by atoms with Gasteiger partial charge in [-0.3, -0.25) is 19.4 Å². The number of nitrogens with zero attached hydrogens (tertiary/aromatic N) is 4. The number of carbonyl (C=O) groups excluding carboxylic acids is 6. The molecule has 74 heavy (non-hydrogen) atoms. The Kier molecular flexibility index (Phi) is 35.3. The van der Waals surface area contributed by atoms with Crippen molar-refractivity contribution in [2.24, 2.45) is 17.2 Å². The Bertz CT molecular complexity index is 1630. The summed E-state index contributed by atoms with van der Waals surface area (Å²) in [6.07, 6.45) is 17.1. The summed E-state index contributed by atoms with van der Waals surface area (Å²) in [6, 6.07) is 2.02. The van der Waals surface area contributed by atoms with E-state index in [0.717, 1.165) is 105 Å². The van der Waals surface area contributed by atoms with E-state index in [0.29, 0.717) is 36.8 Å². The van der Waals surface area contributed by atoms with Gasteiger partial charge in [0.15, 0.2) is 0 Å². The average molecular weight is 1100 g/mol. The molecule has 0 unspecified atom stereocenters. The molecule has 0 aromatic carbocycles. The number of ether oxygens (including phenoxy) is 2. The van der Waals surface area contributed by atoms with Crippen LogP contribution in [0.4, 0.5) is 9.59 Å². The molecule has 423 valence electrons. The molecule has 6 aliphatic rings. The van der Waals surface area contributed by atoms with Gasteiger partial charge in [0.1, 0.15) is 17.0 Å². The van der Waals surface area contributed by atoms with Crippen LogP contribution in [0.1, 0.15) is 179 Å². The van der Waals surface area contributed by atoms with Gasteiger partial charge >= 0.3 is 53.7 Å². The summed E-state index contributed by atoms with van der Waals surface area (Å²) in [5.41, 5.74) is 17.1. The first-order chi connectivity index (χ1) is 34.0. The quantitative estimate of drug-likeness (QED) is 0.135. The minimum absolute atomic E-state index is 0. The smallest absolute Gasteiger partial charge is 0.793 e. The predicted octanol–water partition coefficient (Wildman–Crippen LogP) is 3.84. The van der Waals surface area contributed by atoms with Crippen LogP contribution in [0.25, 0.3) is 0 Å². The Morgan fingerprint density at radius 1 is 0.595 bits per heavy atom. The molecule has 23 heteroatoms. The fourth-order valence-electron chi connectivity index (χ4n) is 9.48. The molecule has 4 saturated heterocycles. The number of nitrogens with two attached hydrogens (primary N) is 3.